The van der Waals surface area contributed by atoms with E-state index in [2.05, 4.69) is 20.5 Å². The minimum absolute atomic E-state index is 0.105. The van der Waals surface area contributed by atoms with Gasteiger partial charge in [-0.2, -0.15) is 5.10 Å². The van der Waals surface area contributed by atoms with Crippen molar-refractivity contribution in [2.75, 3.05) is 5.32 Å². The smallest absolute Gasteiger partial charge is 0.398 e. The van der Waals surface area contributed by atoms with Crippen LogP contribution in [0.3, 0.4) is 0 Å². The van der Waals surface area contributed by atoms with Crippen LogP contribution in [0.5, 0.6) is 0 Å². The monoisotopic (exact) mass is 342 g/mol. The van der Waals surface area contributed by atoms with Gasteiger partial charge in [0.2, 0.25) is 0 Å². The molecule has 130 valence electrons. The summed E-state index contributed by atoms with van der Waals surface area (Å²) in [5.41, 5.74) is -0.127. The number of pyridine rings is 1. The first-order valence-corrected chi connectivity index (χ1v) is 7.87. The summed E-state index contributed by atoms with van der Waals surface area (Å²) < 4.78 is 11.9. The standard InChI is InChI=1S/C16H19BN4O4/c1-15(2)16(3,4)25-17(24-15)12-9-10(7-8-18-12)19-14(23)11-5-6-13(22)21-20-11/h5-9H,1-4H3,(H,21,22)(H,18,19,23). The summed E-state index contributed by atoms with van der Waals surface area (Å²) in [5.74, 6) is -0.442. The fraction of sp³-hybridized carbons (Fsp3) is 0.375. The third-order valence-electron chi connectivity index (χ3n) is 4.45. The third-order valence-corrected chi connectivity index (χ3v) is 4.45. The molecule has 1 amide bonds. The second-order valence-corrected chi connectivity index (χ2v) is 6.82. The summed E-state index contributed by atoms with van der Waals surface area (Å²) in [6.45, 7) is 7.84. The van der Waals surface area contributed by atoms with Crippen molar-refractivity contribution in [3.8, 4) is 0 Å². The van der Waals surface area contributed by atoms with Crippen LogP contribution in [0.25, 0.3) is 0 Å². The fourth-order valence-electron chi connectivity index (χ4n) is 2.28. The lowest BCUT2D eigenvalue weighted by molar-refractivity contribution is 0.00578. The summed E-state index contributed by atoms with van der Waals surface area (Å²) in [6.07, 6.45) is 1.57. The van der Waals surface area contributed by atoms with Crippen molar-refractivity contribution in [1.29, 1.82) is 0 Å². The first-order valence-electron chi connectivity index (χ1n) is 7.87. The number of amides is 1. The van der Waals surface area contributed by atoms with Gasteiger partial charge in [-0.05, 0) is 45.9 Å². The van der Waals surface area contributed by atoms with Crippen LogP contribution in [-0.4, -0.2) is 39.4 Å². The van der Waals surface area contributed by atoms with Crippen molar-refractivity contribution in [3.05, 3.63) is 46.5 Å². The lowest BCUT2D eigenvalue weighted by atomic mass is 9.84. The Hall–Kier alpha value is -2.52. The second-order valence-electron chi connectivity index (χ2n) is 6.82. The van der Waals surface area contributed by atoms with E-state index in [1.165, 1.54) is 12.1 Å². The van der Waals surface area contributed by atoms with Gasteiger partial charge in [-0.25, -0.2) is 5.10 Å². The Morgan fingerprint density at radius 1 is 1.16 bits per heavy atom. The van der Waals surface area contributed by atoms with Gasteiger partial charge in [0.25, 0.3) is 11.5 Å². The SMILES string of the molecule is CC1(C)OB(c2cc(NC(=O)c3ccc(=O)[nH]n3)ccn2)OC1(C)C. The van der Waals surface area contributed by atoms with E-state index in [4.69, 9.17) is 9.31 Å². The predicted molar refractivity (Wildman–Crippen MR) is 92.8 cm³/mol. The highest BCUT2D eigenvalue weighted by Crippen LogP contribution is 2.36. The van der Waals surface area contributed by atoms with E-state index >= 15 is 0 Å². The van der Waals surface area contributed by atoms with Crippen molar-refractivity contribution in [3.63, 3.8) is 0 Å². The lowest BCUT2D eigenvalue weighted by Crippen LogP contribution is -2.41. The average molecular weight is 342 g/mol. The predicted octanol–water partition coefficient (Wildman–Crippen LogP) is 0.716. The number of carbonyl (C=O) groups is 1. The Labute approximate surface area is 145 Å². The molecule has 0 aliphatic carbocycles. The van der Waals surface area contributed by atoms with Crippen LogP contribution in [0.1, 0.15) is 38.2 Å². The van der Waals surface area contributed by atoms with Gasteiger partial charge in [0.05, 0.1) is 16.8 Å². The van der Waals surface area contributed by atoms with Crippen molar-refractivity contribution in [2.24, 2.45) is 0 Å². The van der Waals surface area contributed by atoms with Crippen LogP contribution < -0.4 is 16.5 Å². The van der Waals surface area contributed by atoms with E-state index in [-0.39, 0.29) is 11.3 Å². The molecule has 0 spiro atoms. The molecule has 2 aromatic heterocycles. The van der Waals surface area contributed by atoms with Gasteiger partial charge >= 0.3 is 7.12 Å². The van der Waals surface area contributed by atoms with E-state index in [1.54, 1.807) is 18.3 Å². The lowest BCUT2D eigenvalue weighted by Gasteiger charge is -2.32. The molecule has 2 N–H and O–H groups in total. The molecule has 8 nitrogen and oxygen atoms in total. The highest BCUT2D eigenvalue weighted by molar-refractivity contribution is 6.61. The number of nitrogens with zero attached hydrogens (tertiary/aromatic N) is 2. The van der Waals surface area contributed by atoms with E-state index in [0.29, 0.717) is 11.3 Å². The van der Waals surface area contributed by atoms with Crippen LogP contribution >= 0.6 is 0 Å². The highest BCUT2D eigenvalue weighted by atomic mass is 16.7. The van der Waals surface area contributed by atoms with Crippen LogP contribution in [0.15, 0.2) is 35.3 Å². The van der Waals surface area contributed by atoms with Gasteiger partial charge in [-0.1, -0.05) is 0 Å². The molecule has 0 radical (unpaired) electrons. The number of anilines is 1. The molecule has 1 saturated heterocycles. The molecule has 9 heteroatoms. The molecule has 3 heterocycles. The molecule has 0 bridgehead atoms. The van der Waals surface area contributed by atoms with E-state index in [9.17, 15) is 9.59 Å². The highest BCUT2D eigenvalue weighted by Gasteiger charge is 2.52. The number of aromatic amines is 1. The molecule has 0 aromatic carbocycles. The molecule has 25 heavy (non-hydrogen) atoms. The van der Waals surface area contributed by atoms with Crippen LogP contribution in [0, 0.1) is 0 Å². The number of carbonyl (C=O) groups excluding carboxylic acids is 1. The van der Waals surface area contributed by atoms with Gasteiger partial charge in [-0.3, -0.25) is 14.6 Å². The minimum atomic E-state index is -0.618. The quantitative estimate of drug-likeness (QED) is 0.796. The molecule has 1 aliphatic heterocycles. The van der Waals surface area contributed by atoms with E-state index in [1.807, 2.05) is 27.7 Å². The fourth-order valence-corrected chi connectivity index (χ4v) is 2.28. The largest absolute Gasteiger partial charge is 0.514 e. The molecular formula is C16H19BN4O4. The maximum Gasteiger partial charge on any atom is 0.514 e. The molecule has 0 saturated carbocycles. The number of rotatable bonds is 3. The molecule has 2 aromatic rings. The normalized spacial score (nSPS) is 18.2. The zero-order valence-corrected chi connectivity index (χ0v) is 14.5. The molecule has 0 atom stereocenters. The van der Waals surface area contributed by atoms with Gasteiger partial charge < -0.3 is 14.6 Å². The second kappa shape index (κ2) is 6.09. The Kier molecular flexibility index (Phi) is 4.22. The Morgan fingerprint density at radius 2 is 1.84 bits per heavy atom. The van der Waals surface area contributed by atoms with Crippen molar-refractivity contribution in [2.45, 2.75) is 38.9 Å². The van der Waals surface area contributed by atoms with Gasteiger partial charge in [-0.15, -0.1) is 0 Å². The topological polar surface area (TPSA) is 106 Å². The number of aromatic nitrogens is 3. The van der Waals surface area contributed by atoms with Crippen LogP contribution in [0.2, 0.25) is 0 Å². The molecule has 1 fully saturated rings. The summed E-state index contributed by atoms with van der Waals surface area (Å²) in [6, 6.07) is 5.93. The number of H-pyrrole nitrogens is 1. The number of hydrogen-bond donors (Lipinski definition) is 2. The minimum Gasteiger partial charge on any atom is -0.398 e. The Morgan fingerprint density at radius 3 is 2.44 bits per heavy atom. The van der Waals surface area contributed by atoms with Gasteiger partial charge in [0, 0.05) is 18.0 Å². The van der Waals surface area contributed by atoms with Gasteiger partial charge in [0.15, 0.2) is 0 Å². The maximum absolute atomic E-state index is 12.2. The molecular weight excluding hydrogens is 323 g/mol. The van der Waals surface area contributed by atoms with Crippen LogP contribution in [0.4, 0.5) is 5.69 Å². The molecule has 1 aliphatic rings. The maximum atomic E-state index is 12.2. The molecule has 3 rings (SSSR count). The van der Waals surface area contributed by atoms with Crippen molar-refractivity contribution in [1.82, 2.24) is 15.2 Å². The van der Waals surface area contributed by atoms with Crippen molar-refractivity contribution >= 4 is 24.3 Å². The van der Waals surface area contributed by atoms with Crippen molar-refractivity contribution < 1.29 is 14.1 Å². The van der Waals surface area contributed by atoms with Crippen LogP contribution in [-0.2, 0) is 9.31 Å². The third kappa shape index (κ3) is 3.47. The number of hydrogen-bond acceptors (Lipinski definition) is 6. The molecule has 0 unspecified atom stereocenters. The number of nitrogens with one attached hydrogen (secondary N) is 2. The first kappa shape index (κ1) is 17.3. The Bertz CT molecular complexity index is 829. The summed E-state index contributed by atoms with van der Waals surface area (Å²) in [4.78, 5) is 27.5. The summed E-state index contributed by atoms with van der Waals surface area (Å²) >= 11 is 0. The average Bonchev–Trinajstić information content (AvgIpc) is 2.76. The zero-order chi connectivity index (χ0) is 18.2. The van der Waals surface area contributed by atoms with E-state index in [0.717, 1.165) is 0 Å². The summed E-state index contributed by atoms with van der Waals surface area (Å²) in [7, 11) is -0.618. The first-order chi connectivity index (χ1) is 11.7. The van der Waals surface area contributed by atoms with E-state index < -0.39 is 24.2 Å². The Balaban J connectivity index is 1.77. The van der Waals surface area contributed by atoms with Gasteiger partial charge in [0.1, 0.15) is 5.69 Å². The zero-order valence-electron chi connectivity index (χ0n) is 14.5. The summed E-state index contributed by atoms with van der Waals surface area (Å²) in [5, 5.41) is 8.63.